The van der Waals surface area contributed by atoms with Crippen LogP contribution < -0.4 is 27.1 Å². The van der Waals surface area contributed by atoms with Crippen LogP contribution in [-0.4, -0.2) is 0 Å². The van der Waals surface area contributed by atoms with E-state index in [-0.39, 0.29) is 33.5 Å². The average Bonchev–Trinajstić information content (AvgIpc) is 3.22. The van der Waals surface area contributed by atoms with E-state index >= 15 is 0 Å². The van der Waals surface area contributed by atoms with Gasteiger partial charge in [0.25, 0.3) is 0 Å². The highest BCUT2D eigenvalue weighted by Crippen LogP contribution is 2.60. The van der Waals surface area contributed by atoms with Gasteiger partial charge in [-0.3, -0.25) is 0 Å². The van der Waals surface area contributed by atoms with Crippen molar-refractivity contribution in [2.75, 3.05) is 0 Å². The second kappa shape index (κ2) is 17.6. The highest BCUT2D eigenvalue weighted by molar-refractivity contribution is 7.43. The molecule has 6 nitrogen and oxygen atoms in total. The van der Waals surface area contributed by atoms with E-state index in [4.69, 9.17) is 27.1 Å². The summed E-state index contributed by atoms with van der Waals surface area (Å²) < 4.78 is 42.9. The summed E-state index contributed by atoms with van der Waals surface area (Å²) in [6.07, 6.45) is 0. The Morgan fingerprint density at radius 3 is 0.864 bits per heavy atom. The van der Waals surface area contributed by atoms with Gasteiger partial charge in [-0.05, 0) is 82.0 Å². The lowest BCUT2D eigenvalue weighted by Gasteiger charge is -2.36. The van der Waals surface area contributed by atoms with Gasteiger partial charge in [0, 0.05) is 56.3 Å². The van der Waals surface area contributed by atoms with Crippen molar-refractivity contribution in [1.29, 1.82) is 0 Å². The van der Waals surface area contributed by atoms with Crippen molar-refractivity contribution in [1.82, 2.24) is 0 Å². The minimum absolute atomic E-state index is 0.0451. The lowest BCUT2D eigenvalue weighted by atomic mass is 9.72. The second-order valence-corrected chi connectivity index (χ2v) is 24.2. The van der Waals surface area contributed by atoms with E-state index < -0.39 is 17.2 Å². The van der Waals surface area contributed by atoms with Crippen LogP contribution in [0.3, 0.4) is 0 Å². The fourth-order valence-electron chi connectivity index (χ4n) is 9.58. The SMILES string of the molecule is Cc1c(C(C)(C)C)cc(C(C)(C)C)c(OP2Oc3ccccc3C(C)c3ccccc3O2)c1-c1c(C)c(C(C)(C)C)cc(C(C)(C)C)c1OP1Oc2ccccc2C(C)c2ccccc2O1. The van der Waals surface area contributed by atoms with Crippen molar-refractivity contribution < 1.29 is 27.1 Å². The predicted molar refractivity (Wildman–Crippen MR) is 275 cm³/mol. The smallest absolute Gasteiger partial charge is 0.408 e. The minimum atomic E-state index is -2.06. The van der Waals surface area contributed by atoms with Crippen LogP contribution in [0.1, 0.15) is 164 Å². The van der Waals surface area contributed by atoms with Crippen LogP contribution in [0.2, 0.25) is 0 Å². The van der Waals surface area contributed by atoms with Crippen LogP contribution in [0.4, 0.5) is 0 Å². The van der Waals surface area contributed by atoms with E-state index in [1.807, 2.05) is 48.5 Å². The number of rotatable bonds is 5. The number of hydrogen-bond acceptors (Lipinski definition) is 6. The zero-order valence-electron chi connectivity index (χ0n) is 41.9. The first-order valence-electron chi connectivity index (χ1n) is 23.3. The molecule has 2 heterocycles. The van der Waals surface area contributed by atoms with E-state index in [0.29, 0.717) is 11.5 Å². The monoisotopic (exact) mass is 922 g/mol. The first kappa shape index (κ1) is 47.5. The Labute approximate surface area is 397 Å². The molecule has 0 saturated heterocycles. The molecule has 0 fully saturated rings. The Hall–Kier alpha value is -5.02. The van der Waals surface area contributed by atoms with Crippen LogP contribution >= 0.6 is 17.2 Å². The highest BCUT2D eigenvalue weighted by atomic mass is 31.2. The second-order valence-electron chi connectivity index (χ2n) is 22.2. The van der Waals surface area contributed by atoms with Gasteiger partial charge in [-0.25, -0.2) is 0 Å². The summed E-state index contributed by atoms with van der Waals surface area (Å²) in [6, 6.07) is 37.7. The highest BCUT2D eigenvalue weighted by Gasteiger charge is 2.40. The third-order valence-electron chi connectivity index (χ3n) is 13.1. The van der Waals surface area contributed by atoms with Gasteiger partial charge in [-0.2, -0.15) is 0 Å². The molecule has 0 amide bonds. The fourth-order valence-corrected chi connectivity index (χ4v) is 11.8. The maximum absolute atomic E-state index is 7.53. The molecule has 346 valence electrons. The molecule has 0 unspecified atom stereocenters. The molecule has 8 rings (SSSR count). The summed E-state index contributed by atoms with van der Waals surface area (Å²) in [6.45, 7) is 36.1. The van der Waals surface area contributed by atoms with E-state index in [0.717, 1.165) is 78.6 Å². The molecule has 0 bridgehead atoms. The molecule has 2 aliphatic heterocycles. The Morgan fingerprint density at radius 1 is 0.379 bits per heavy atom. The van der Waals surface area contributed by atoms with Crippen LogP contribution in [0.15, 0.2) is 109 Å². The lowest BCUT2D eigenvalue weighted by molar-refractivity contribution is 0.370. The lowest BCUT2D eigenvalue weighted by Crippen LogP contribution is -2.23. The first-order valence-corrected chi connectivity index (χ1v) is 25.5. The topological polar surface area (TPSA) is 55.4 Å². The summed E-state index contributed by atoms with van der Waals surface area (Å²) in [7, 11) is -4.11. The molecule has 0 aliphatic carbocycles. The summed E-state index contributed by atoms with van der Waals surface area (Å²) in [5.74, 6) is 4.48. The Bertz CT molecular complexity index is 2490. The van der Waals surface area contributed by atoms with Gasteiger partial charge in [0.05, 0.1) is 0 Å². The van der Waals surface area contributed by atoms with Crippen LogP contribution in [0.25, 0.3) is 11.1 Å². The van der Waals surface area contributed by atoms with Gasteiger partial charge in [0.2, 0.25) is 0 Å². The normalized spacial score (nSPS) is 18.5. The summed E-state index contributed by atoms with van der Waals surface area (Å²) in [4.78, 5) is 0. The van der Waals surface area contributed by atoms with Gasteiger partial charge < -0.3 is 27.1 Å². The van der Waals surface area contributed by atoms with Crippen molar-refractivity contribution >= 4 is 17.2 Å². The van der Waals surface area contributed by atoms with Crippen molar-refractivity contribution in [3.05, 3.63) is 165 Å². The number of hydrogen-bond donors (Lipinski definition) is 0. The van der Waals surface area contributed by atoms with Crippen molar-refractivity contribution in [3.8, 4) is 45.6 Å². The van der Waals surface area contributed by atoms with E-state index in [9.17, 15) is 0 Å². The number of benzene rings is 6. The Morgan fingerprint density at radius 2 is 0.621 bits per heavy atom. The standard InChI is InChI=1S/C58H68O6P2/c1-35-39-25-17-21-29-47(39)59-65(60-48-30-22-18-26-40(35)48)63-53-45(57(11,12)13)33-43(55(5,6)7)37(3)51(53)52-38(4)44(56(8,9)10)34-46(58(14,15)16)54(52)64-66-61-49-31-23-19-27-41(49)36(2)42-28-20-24-32-50(42)62-66/h17-36H,1-16H3. The molecular weight excluding hydrogens is 855 g/mol. The van der Waals surface area contributed by atoms with E-state index in [2.05, 4.69) is 171 Å². The third kappa shape index (κ3) is 9.18. The number of fused-ring (bicyclic) bond motifs is 4. The van der Waals surface area contributed by atoms with E-state index in [1.165, 1.54) is 11.1 Å². The first-order chi connectivity index (χ1) is 30.9. The number of para-hydroxylation sites is 4. The minimum Gasteiger partial charge on any atom is -0.408 e. The molecule has 0 N–H and O–H groups in total. The zero-order chi connectivity index (χ0) is 47.7. The molecule has 0 saturated carbocycles. The Balaban J connectivity index is 1.44. The maximum atomic E-state index is 7.53. The van der Waals surface area contributed by atoms with Crippen molar-refractivity contribution in [2.45, 2.75) is 144 Å². The molecule has 0 spiro atoms. The third-order valence-corrected chi connectivity index (χ3v) is 15.2. The Kier molecular flexibility index (Phi) is 12.6. The van der Waals surface area contributed by atoms with Crippen LogP contribution in [0.5, 0.6) is 34.5 Å². The van der Waals surface area contributed by atoms with Crippen molar-refractivity contribution in [2.24, 2.45) is 0 Å². The van der Waals surface area contributed by atoms with Crippen LogP contribution in [-0.2, 0) is 21.7 Å². The summed E-state index contributed by atoms with van der Waals surface area (Å²) >= 11 is 0. The van der Waals surface area contributed by atoms with Gasteiger partial charge in [0.1, 0.15) is 34.5 Å². The van der Waals surface area contributed by atoms with Gasteiger partial charge >= 0.3 is 17.2 Å². The van der Waals surface area contributed by atoms with Gasteiger partial charge in [0.15, 0.2) is 0 Å². The molecule has 66 heavy (non-hydrogen) atoms. The molecule has 0 aromatic heterocycles. The summed E-state index contributed by atoms with van der Waals surface area (Å²) in [5, 5.41) is 0. The molecule has 8 heteroatoms. The molecule has 0 radical (unpaired) electrons. The summed E-state index contributed by atoms with van der Waals surface area (Å²) in [5.41, 5.74) is 11.7. The van der Waals surface area contributed by atoms with Crippen LogP contribution in [0, 0.1) is 13.8 Å². The van der Waals surface area contributed by atoms with E-state index in [1.54, 1.807) is 0 Å². The quantitative estimate of drug-likeness (QED) is 0.161. The van der Waals surface area contributed by atoms with Gasteiger partial charge in [-0.1, -0.05) is 182 Å². The molecular formula is C58H68O6P2. The fraction of sp³-hybridized carbons (Fsp3) is 0.379. The molecule has 2 aliphatic rings. The van der Waals surface area contributed by atoms with Crippen molar-refractivity contribution in [3.63, 3.8) is 0 Å². The molecule has 0 atom stereocenters. The molecule has 6 aromatic carbocycles. The van der Waals surface area contributed by atoms with Gasteiger partial charge in [-0.15, -0.1) is 0 Å². The average molecular weight is 923 g/mol. The molecule has 6 aromatic rings. The zero-order valence-corrected chi connectivity index (χ0v) is 43.7. The maximum Gasteiger partial charge on any atom is 0.530 e. The predicted octanol–water partition coefficient (Wildman–Crippen LogP) is 17.6. The largest absolute Gasteiger partial charge is 0.530 e.